The van der Waals surface area contributed by atoms with Gasteiger partial charge in [-0.1, -0.05) is 0 Å². The number of carbonyl (C=O) groups is 1. The van der Waals surface area contributed by atoms with Gasteiger partial charge in [0.05, 0.1) is 27.7 Å². The van der Waals surface area contributed by atoms with Gasteiger partial charge in [0.1, 0.15) is 11.6 Å². The van der Waals surface area contributed by atoms with E-state index in [0.717, 1.165) is 31.3 Å². The van der Waals surface area contributed by atoms with Crippen LogP contribution in [0.1, 0.15) is 34.3 Å². The number of rotatable bonds is 6. The molecule has 3 heterocycles. The summed E-state index contributed by atoms with van der Waals surface area (Å²) in [4.78, 5) is 20.5. The van der Waals surface area contributed by atoms with Gasteiger partial charge in [-0.15, -0.1) is 0 Å². The van der Waals surface area contributed by atoms with Crippen molar-refractivity contribution in [1.82, 2.24) is 14.9 Å². The van der Waals surface area contributed by atoms with Crippen molar-refractivity contribution in [2.45, 2.75) is 36.2 Å². The van der Waals surface area contributed by atoms with Crippen LogP contribution >= 0.6 is 0 Å². The number of piperidine rings is 1. The smallest absolute Gasteiger partial charge is 0.391 e. The van der Waals surface area contributed by atoms with E-state index in [2.05, 4.69) is 10.0 Å². The van der Waals surface area contributed by atoms with Crippen LogP contribution in [0.15, 0.2) is 59.5 Å². The molecule has 6 rings (SSSR count). The third-order valence-corrected chi connectivity index (χ3v) is 10.9. The Bertz CT molecular complexity index is 1900. The molecule has 1 atom stereocenters. The van der Waals surface area contributed by atoms with Crippen LogP contribution in [0, 0.1) is 11.6 Å². The van der Waals surface area contributed by atoms with Crippen LogP contribution in [-0.4, -0.2) is 103 Å². The molecule has 0 spiro atoms. The van der Waals surface area contributed by atoms with Gasteiger partial charge in [0, 0.05) is 82.5 Å². The first kappa shape index (κ1) is 41.0. The fourth-order valence-corrected chi connectivity index (χ4v) is 7.30. The molecule has 3 aromatic carbocycles. The number of β-amino-alcohol motifs (C(OH)–C–C–N with tert-alkyl or cyclic N) is 1. The zero-order chi connectivity index (χ0) is 39.4. The lowest BCUT2D eigenvalue weighted by atomic mass is 10.0. The van der Waals surface area contributed by atoms with Crippen molar-refractivity contribution >= 4 is 33.0 Å². The maximum Gasteiger partial charge on any atom is 0.419 e. The second kappa shape index (κ2) is 16.7. The first-order valence-corrected chi connectivity index (χ1v) is 18.6. The minimum Gasteiger partial charge on any atom is -0.391 e. The minimum atomic E-state index is -4.79. The number of aliphatic hydroxyl groups excluding tert-OH is 1. The number of carbonyl (C=O) groups excluding carboxylic acids is 1. The largest absolute Gasteiger partial charge is 0.419 e. The molecule has 0 aromatic heterocycles. The van der Waals surface area contributed by atoms with Gasteiger partial charge in [0.2, 0.25) is 10.0 Å². The molecule has 3 aliphatic heterocycles. The number of halogens is 8. The summed E-state index contributed by atoms with van der Waals surface area (Å²) in [5.41, 5.74) is -1.07. The number of nitrogens with one attached hydrogen (secondary N) is 2. The maximum absolute atomic E-state index is 14.1. The molecule has 54 heavy (non-hydrogen) atoms. The van der Waals surface area contributed by atoms with Crippen molar-refractivity contribution in [1.29, 1.82) is 0 Å². The maximum atomic E-state index is 14.1. The molecular weight excluding hydrogens is 752 g/mol. The summed E-state index contributed by atoms with van der Waals surface area (Å²) in [6.07, 6.45) is -8.63. The lowest BCUT2D eigenvalue weighted by Crippen LogP contribution is -2.49. The highest BCUT2D eigenvalue weighted by Gasteiger charge is 2.36. The quantitative estimate of drug-likeness (QED) is 0.302. The minimum absolute atomic E-state index is 0.0708. The second-order valence-electron chi connectivity index (χ2n) is 13.0. The van der Waals surface area contributed by atoms with Crippen molar-refractivity contribution in [3.63, 3.8) is 0 Å². The summed E-state index contributed by atoms with van der Waals surface area (Å²) in [6.45, 7) is 4.67. The molecule has 10 nitrogen and oxygen atoms in total. The fourth-order valence-electron chi connectivity index (χ4n) is 6.54. The van der Waals surface area contributed by atoms with Gasteiger partial charge < -0.3 is 30.0 Å². The molecule has 19 heteroatoms. The van der Waals surface area contributed by atoms with Crippen LogP contribution in [0.3, 0.4) is 0 Å². The van der Waals surface area contributed by atoms with Gasteiger partial charge in [-0.3, -0.25) is 4.79 Å². The molecule has 3 aliphatic rings. The van der Waals surface area contributed by atoms with Crippen LogP contribution in [0.25, 0.3) is 0 Å². The monoisotopic (exact) mass is 792 g/mol. The standard InChI is InChI=1S/C24H28F4N4O4S.C11H12F4N2/c1-29-37(35,36)18-5-7-22(32-8-2-3-17(33)15-32)19(14-18)23(34)31-11-9-30(10-12-31)16-4-6-20(21(25)13-16)24(26,27)28;12-10-7-8(17-5-3-16-4-6-17)1-2-9(10)11(13,14)15/h4-7,13-14,17,29,33H,2-3,8-12,15H2,1H3;1-2,7,16H,3-6H2. The van der Waals surface area contributed by atoms with Crippen molar-refractivity contribution in [3.8, 4) is 0 Å². The summed E-state index contributed by atoms with van der Waals surface area (Å²) < 4.78 is 130. The zero-order valence-electron chi connectivity index (χ0n) is 29.2. The van der Waals surface area contributed by atoms with Crippen molar-refractivity contribution in [2.24, 2.45) is 0 Å². The van der Waals surface area contributed by atoms with Crippen molar-refractivity contribution < 1.29 is 53.4 Å². The Morgan fingerprint density at radius 1 is 0.759 bits per heavy atom. The lowest BCUT2D eigenvalue weighted by Gasteiger charge is -2.38. The Kier molecular flexibility index (Phi) is 12.6. The number of aliphatic hydroxyl groups is 1. The SMILES string of the molecule is CNS(=O)(=O)c1ccc(N2CCCC(O)C2)c(C(=O)N2CCN(c3ccc(C(F)(F)F)c(F)c3)CC2)c1.Fc1cc(N2CCNCC2)ccc1C(F)(F)F. The number of sulfonamides is 1. The molecule has 0 radical (unpaired) electrons. The van der Waals surface area contributed by atoms with E-state index in [1.165, 1.54) is 36.2 Å². The van der Waals surface area contributed by atoms with Gasteiger partial charge in [0.15, 0.2) is 0 Å². The summed E-state index contributed by atoms with van der Waals surface area (Å²) in [7, 11) is -2.55. The second-order valence-corrected chi connectivity index (χ2v) is 14.9. The van der Waals surface area contributed by atoms with Crippen LogP contribution in [0.2, 0.25) is 0 Å². The number of hydrogen-bond donors (Lipinski definition) is 3. The molecule has 0 saturated carbocycles. The summed E-state index contributed by atoms with van der Waals surface area (Å²) in [5, 5.41) is 13.2. The average Bonchev–Trinajstić information content (AvgIpc) is 3.14. The molecule has 1 amide bonds. The number of hydrogen-bond acceptors (Lipinski definition) is 8. The van der Waals surface area contributed by atoms with Crippen LogP contribution in [-0.2, 0) is 22.4 Å². The van der Waals surface area contributed by atoms with E-state index in [1.807, 2.05) is 9.80 Å². The summed E-state index contributed by atoms with van der Waals surface area (Å²) in [6, 6.07) is 10.1. The highest BCUT2D eigenvalue weighted by molar-refractivity contribution is 7.89. The average molecular weight is 793 g/mol. The van der Waals surface area contributed by atoms with Gasteiger partial charge in [-0.25, -0.2) is 21.9 Å². The first-order valence-electron chi connectivity index (χ1n) is 17.1. The van der Waals surface area contributed by atoms with Gasteiger partial charge >= 0.3 is 12.4 Å². The Morgan fingerprint density at radius 3 is 1.78 bits per heavy atom. The number of benzene rings is 3. The third-order valence-electron chi connectivity index (χ3n) is 9.44. The van der Waals surface area contributed by atoms with Gasteiger partial charge in [0.25, 0.3) is 5.91 Å². The predicted molar refractivity (Wildman–Crippen MR) is 186 cm³/mol. The van der Waals surface area contributed by atoms with Crippen LogP contribution in [0.4, 0.5) is 52.2 Å². The summed E-state index contributed by atoms with van der Waals surface area (Å²) in [5.74, 6) is -2.98. The van der Waals surface area contributed by atoms with E-state index < -0.39 is 57.1 Å². The lowest BCUT2D eigenvalue weighted by molar-refractivity contribution is -0.140. The van der Waals surface area contributed by atoms with E-state index >= 15 is 0 Å². The van der Waals surface area contributed by atoms with E-state index in [-0.39, 0.29) is 42.3 Å². The molecule has 0 bridgehead atoms. The summed E-state index contributed by atoms with van der Waals surface area (Å²) >= 11 is 0. The molecule has 0 aliphatic carbocycles. The highest BCUT2D eigenvalue weighted by Crippen LogP contribution is 2.35. The molecule has 3 aromatic rings. The molecular formula is C35H40F8N6O4S. The molecule has 296 valence electrons. The van der Waals surface area contributed by atoms with E-state index in [0.29, 0.717) is 56.5 Å². The number of nitrogens with zero attached hydrogens (tertiary/aromatic N) is 4. The Hall–Kier alpha value is -4.20. The van der Waals surface area contributed by atoms with Crippen LogP contribution in [0.5, 0.6) is 0 Å². The zero-order valence-corrected chi connectivity index (χ0v) is 30.0. The Morgan fingerprint density at radius 2 is 1.30 bits per heavy atom. The molecule has 3 N–H and O–H groups in total. The number of alkyl halides is 6. The van der Waals surface area contributed by atoms with E-state index in [9.17, 15) is 53.4 Å². The van der Waals surface area contributed by atoms with Crippen molar-refractivity contribution in [2.75, 3.05) is 87.2 Å². The normalized spacial score (nSPS) is 18.7. The molecule has 3 saturated heterocycles. The predicted octanol–water partition coefficient (Wildman–Crippen LogP) is 4.93. The van der Waals surface area contributed by atoms with Gasteiger partial charge in [-0.05, 0) is 74.5 Å². The van der Waals surface area contributed by atoms with Crippen molar-refractivity contribution in [3.05, 3.63) is 82.9 Å². The number of amides is 1. The third kappa shape index (κ3) is 9.72. The topological polar surface area (TPSA) is 108 Å². The van der Waals surface area contributed by atoms with E-state index in [1.54, 1.807) is 11.0 Å². The van der Waals surface area contributed by atoms with E-state index in [4.69, 9.17) is 0 Å². The Balaban J connectivity index is 0.000000274. The fraction of sp³-hybridized carbons (Fsp3) is 0.457. The molecule has 3 fully saturated rings. The number of anilines is 3. The van der Waals surface area contributed by atoms with Gasteiger partial charge in [-0.2, -0.15) is 26.3 Å². The highest BCUT2D eigenvalue weighted by atomic mass is 32.2. The number of piperazine rings is 2. The Labute approximate surface area is 307 Å². The van der Waals surface area contributed by atoms with Crippen LogP contribution < -0.4 is 24.7 Å². The first-order chi connectivity index (χ1) is 25.4. The molecule has 1 unspecified atom stereocenters.